The average Bonchev–Trinajstić information content (AvgIpc) is 2.92. The summed E-state index contributed by atoms with van der Waals surface area (Å²) < 4.78 is 1.32. The second-order valence-corrected chi connectivity index (χ2v) is 4.77. The molecule has 3 heteroatoms. The monoisotopic (exact) mass is 224 g/mol. The zero-order valence-electron chi connectivity index (χ0n) is 8.40. The highest BCUT2D eigenvalue weighted by Crippen LogP contribution is 2.32. The van der Waals surface area contributed by atoms with E-state index in [4.69, 9.17) is 0 Å². The third-order valence-corrected chi connectivity index (χ3v) is 3.89. The minimum Gasteiger partial charge on any atom is -0.352 e. The molecule has 3 heterocycles. The quantitative estimate of drug-likeness (QED) is 0.481. The van der Waals surface area contributed by atoms with E-state index in [-0.39, 0.29) is 0 Å². The van der Waals surface area contributed by atoms with Gasteiger partial charge in [-0.05, 0) is 35.0 Å². The Bertz CT molecular complexity index is 810. The van der Waals surface area contributed by atoms with E-state index in [1.165, 1.54) is 21.0 Å². The summed E-state index contributed by atoms with van der Waals surface area (Å²) in [5.74, 6) is 0. The third kappa shape index (κ3) is 0.933. The van der Waals surface area contributed by atoms with Crippen molar-refractivity contribution in [2.24, 2.45) is 0 Å². The first-order valence-corrected chi connectivity index (χ1v) is 6.04. The molecular formula is C13H8N2S. The fourth-order valence-electron chi connectivity index (χ4n) is 2.21. The molecule has 0 unspecified atom stereocenters. The number of fused-ring (bicyclic) bond motifs is 5. The number of aromatic amines is 1. The smallest absolute Gasteiger partial charge is 0.0958 e. The van der Waals surface area contributed by atoms with Crippen LogP contribution in [0.1, 0.15) is 0 Å². The van der Waals surface area contributed by atoms with Gasteiger partial charge in [0.2, 0.25) is 0 Å². The Morgan fingerprint density at radius 3 is 3.12 bits per heavy atom. The summed E-state index contributed by atoms with van der Waals surface area (Å²) >= 11 is 1.77. The molecule has 2 nitrogen and oxygen atoms in total. The molecule has 0 fully saturated rings. The minimum atomic E-state index is 1.06. The van der Waals surface area contributed by atoms with Gasteiger partial charge < -0.3 is 4.98 Å². The number of hydrogen-bond acceptors (Lipinski definition) is 2. The van der Waals surface area contributed by atoms with Crippen LogP contribution in [0.2, 0.25) is 0 Å². The standard InChI is InChI=1S/C13H8N2S/c1-2-10-11(14-6-1)9-4-3-8-5-7-16-13(8)12(9)15-10/h1-7,15H. The number of thiophene rings is 1. The molecule has 0 aliphatic carbocycles. The van der Waals surface area contributed by atoms with Gasteiger partial charge in [0.15, 0.2) is 0 Å². The van der Waals surface area contributed by atoms with Gasteiger partial charge in [-0.25, -0.2) is 0 Å². The van der Waals surface area contributed by atoms with E-state index in [9.17, 15) is 0 Å². The lowest BCUT2D eigenvalue weighted by Gasteiger charge is -1.91. The number of aromatic nitrogens is 2. The van der Waals surface area contributed by atoms with E-state index >= 15 is 0 Å². The van der Waals surface area contributed by atoms with Crippen molar-refractivity contribution in [1.82, 2.24) is 9.97 Å². The maximum atomic E-state index is 4.43. The number of benzene rings is 1. The summed E-state index contributed by atoms with van der Waals surface area (Å²) in [4.78, 5) is 7.89. The molecule has 0 bridgehead atoms. The predicted molar refractivity (Wildman–Crippen MR) is 69.0 cm³/mol. The molecule has 4 rings (SSSR count). The summed E-state index contributed by atoms with van der Waals surface area (Å²) in [6.07, 6.45) is 1.84. The van der Waals surface area contributed by atoms with Gasteiger partial charge in [0, 0.05) is 11.6 Å². The Morgan fingerprint density at radius 2 is 2.12 bits per heavy atom. The van der Waals surface area contributed by atoms with Gasteiger partial charge in [0.1, 0.15) is 0 Å². The number of hydrogen-bond donors (Lipinski definition) is 1. The highest BCUT2D eigenvalue weighted by Gasteiger charge is 2.08. The largest absolute Gasteiger partial charge is 0.352 e. The van der Waals surface area contributed by atoms with E-state index in [1.54, 1.807) is 11.3 Å². The number of pyridine rings is 1. The Balaban J connectivity index is 2.38. The lowest BCUT2D eigenvalue weighted by Crippen LogP contribution is -1.71. The summed E-state index contributed by atoms with van der Waals surface area (Å²) in [5, 5.41) is 4.64. The Morgan fingerprint density at radius 1 is 1.12 bits per heavy atom. The van der Waals surface area contributed by atoms with Crippen LogP contribution in [-0.4, -0.2) is 9.97 Å². The molecule has 4 aromatic rings. The van der Waals surface area contributed by atoms with Crippen molar-refractivity contribution in [3.8, 4) is 0 Å². The van der Waals surface area contributed by atoms with Gasteiger partial charge in [-0.1, -0.05) is 6.07 Å². The van der Waals surface area contributed by atoms with Crippen LogP contribution in [0.3, 0.4) is 0 Å². The van der Waals surface area contributed by atoms with E-state index < -0.39 is 0 Å². The second kappa shape index (κ2) is 2.83. The van der Waals surface area contributed by atoms with Crippen LogP contribution < -0.4 is 0 Å². The van der Waals surface area contributed by atoms with E-state index in [0.717, 1.165) is 11.0 Å². The van der Waals surface area contributed by atoms with Gasteiger partial charge in [0.05, 0.1) is 21.3 Å². The van der Waals surface area contributed by atoms with Crippen LogP contribution in [0.4, 0.5) is 0 Å². The van der Waals surface area contributed by atoms with E-state index in [2.05, 4.69) is 39.6 Å². The molecule has 0 radical (unpaired) electrons. The number of rotatable bonds is 0. The number of H-pyrrole nitrogens is 1. The van der Waals surface area contributed by atoms with Gasteiger partial charge in [0.25, 0.3) is 0 Å². The van der Waals surface area contributed by atoms with Crippen LogP contribution in [0.5, 0.6) is 0 Å². The minimum absolute atomic E-state index is 1.06. The molecule has 0 aliphatic rings. The number of nitrogens with zero attached hydrogens (tertiary/aromatic N) is 1. The molecule has 16 heavy (non-hydrogen) atoms. The molecule has 1 aromatic carbocycles. The molecule has 0 saturated heterocycles. The molecule has 0 saturated carbocycles. The molecule has 1 N–H and O–H groups in total. The zero-order valence-corrected chi connectivity index (χ0v) is 9.21. The summed E-state index contributed by atoms with van der Waals surface area (Å²) in [6, 6.07) is 10.5. The predicted octanol–water partition coefficient (Wildman–Crippen LogP) is 3.93. The summed E-state index contributed by atoms with van der Waals surface area (Å²) in [7, 11) is 0. The van der Waals surface area contributed by atoms with Crippen molar-refractivity contribution in [3.05, 3.63) is 41.9 Å². The Labute approximate surface area is 95.5 Å². The van der Waals surface area contributed by atoms with Gasteiger partial charge in [-0.2, -0.15) is 0 Å². The molecule has 0 spiro atoms. The Hall–Kier alpha value is -1.87. The van der Waals surface area contributed by atoms with Gasteiger partial charge in [-0.3, -0.25) is 4.98 Å². The van der Waals surface area contributed by atoms with Gasteiger partial charge >= 0.3 is 0 Å². The average molecular weight is 224 g/mol. The molecule has 0 aliphatic heterocycles. The van der Waals surface area contributed by atoms with Crippen LogP contribution in [0, 0.1) is 0 Å². The second-order valence-electron chi connectivity index (χ2n) is 3.85. The fourth-order valence-corrected chi connectivity index (χ4v) is 3.11. The molecular weight excluding hydrogens is 216 g/mol. The van der Waals surface area contributed by atoms with Gasteiger partial charge in [-0.15, -0.1) is 11.3 Å². The fraction of sp³-hybridized carbons (Fsp3) is 0. The lowest BCUT2D eigenvalue weighted by molar-refractivity contribution is 1.42. The topological polar surface area (TPSA) is 28.7 Å². The highest BCUT2D eigenvalue weighted by molar-refractivity contribution is 7.18. The van der Waals surface area contributed by atoms with Crippen molar-refractivity contribution < 1.29 is 0 Å². The highest BCUT2D eigenvalue weighted by atomic mass is 32.1. The first kappa shape index (κ1) is 8.30. The molecule has 0 amide bonds. The summed E-state index contributed by atoms with van der Waals surface area (Å²) in [5.41, 5.74) is 3.38. The van der Waals surface area contributed by atoms with E-state index in [1.807, 2.05) is 12.3 Å². The van der Waals surface area contributed by atoms with Crippen LogP contribution >= 0.6 is 11.3 Å². The maximum absolute atomic E-state index is 4.43. The van der Waals surface area contributed by atoms with Crippen molar-refractivity contribution in [2.75, 3.05) is 0 Å². The maximum Gasteiger partial charge on any atom is 0.0958 e. The molecule has 3 aromatic heterocycles. The van der Waals surface area contributed by atoms with Crippen LogP contribution in [-0.2, 0) is 0 Å². The van der Waals surface area contributed by atoms with Crippen molar-refractivity contribution in [1.29, 1.82) is 0 Å². The van der Waals surface area contributed by atoms with Crippen LogP contribution in [0.15, 0.2) is 41.9 Å². The SMILES string of the molecule is c1cnc2c(c1)[nH]c1c2ccc2ccsc21. The first-order chi connectivity index (χ1) is 7.93. The normalized spacial score (nSPS) is 11.8. The first-order valence-electron chi connectivity index (χ1n) is 5.16. The van der Waals surface area contributed by atoms with Crippen molar-refractivity contribution in [3.63, 3.8) is 0 Å². The van der Waals surface area contributed by atoms with E-state index in [0.29, 0.717) is 0 Å². The van der Waals surface area contributed by atoms with Crippen LogP contribution in [0.25, 0.3) is 32.0 Å². The van der Waals surface area contributed by atoms with Crippen molar-refractivity contribution >= 4 is 43.4 Å². The molecule has 0 atom stereocenters. The van der Waals surface area contributed by atoms with Crippen molar-refractivity contribution in [2.45, 2.75) is 0 Å². The third-order valence-electron chi connectivity index (χ3n) is 2.94. The molecule has 76 valence electrons. The zero-order chi connectivity index (χ0) is 10.5. The number of nitrogens with one attached hydrogen (secondary N) is 1. The lowest BCUT2D eigenvalue weighted by atomic mass is 10.2. The summed E-state index contributed by atoms with van der Waals surface area (Å²) in [6.45, 7) is 0. The Kier molecular flexibility index (Phi) is 1.47.